The second-order valence-corrected chi connectivity index (χ2v) is 13.1. The lowest BCUT2D eigenvalue weighted by Gasteiger charge is -2.34. The van der Waals surface area contributed by atoms with E-state index in [1.165, 1.54) is 11.8 Å². The van der Waals surface area contributed by atoms with E-state index in [2.05, 4.69) is 10.3 Å². The normalized spacial score (nSPS) is 29.9. The second-order valence-electron chi connectivity index (χ2n) is 9.97. The van der Waals surface area contributed by atoms with Gasteiger partial charge in [0.05, 0.1) is 22.6 Å². The number of phenols is 1. The number of thioether (sulfide) groups is 3. The number of benzene rings is 2. The number of hydrogen-bond donors (Lipinski definition) is 4. The molecule has 3 aliphatic rings. The molecule has 0 radical (unpaired) electrons. The Morgan fingerprint density at radius 2 is 1.97 bits per heavy atom. The Balaban J connectivity index is 1.29. The third-order valence-corrected chi connectivity index (χ3v) is 11.0. The van der Waals surface area contributed by atoms with Gasteiger partial charge in [-0.15, -0.1) is 35.3 Å². The van der Waals surface area contributed by atoms with Crippen LogP contribution in [0, 0.1) is 5.41 Å². The lowest BCUT2D eigenvalue weighted by Crippen LogP contribution is -2.51. The van der Waals surface area contributed by atoms with Crippen LogP contribution in [0.4, 0.5) is 0 Å². The summed E-state index contributed by atoms with van der Waals surface area (Å²) >= 11 is 4.82. The van der Waals surface area contributed by atoms with E-state index in [9.17, 15) is 20.1 Å². The Labute approximate surface area is 217 Å². The molecule has 0 aliphatic carbocycles. The number of hydrogen-bond acceptors (Lipinski definition) is 9. The lowest BCUT2D eigenvalue weighted by atomic mass is 9.83. The minimum atomic E-state index is -1.14. The number of aliphatic hydroxyl groups excluding tert-OH is 1. The zero-order valence-electron chi connectivity index (χ0n) is 19.8. The first-order valence-electron chi connectivity index (χ1n) is 11.5. The van der Waals surface area contributed by atoms with Gasteiger partial charge in [-0.25, -0.2) is 4.79 Å². The number of nitrogens with zero attached hydrogens (tertiary/aromatic N) is 2. The highest BCUT2D eigenvalue weighted by atomic mass is 32.2. The zero-order chi connectivity index (χ0) is 25.0. The summed E-state index contributed by atoms with van der Waals surface area (Å²) in [6.07, 6.45) is -0.718. The molecule has 5 rings (SSSR count). The number of phenolic OH excluding ortho intramolecular Hbond substituents is 1. The molecular weight excluding hydrogens is 502 g/mol. The smallest absolute Gasteiger partial charge is 0.332 e. The quantitative estimate of drug-likeness (QED) is 0.445. The van der Waals surface area contributed by atoms with Crippen molar-refractivity contribution in [3.8, 4) is 5.75 Å². The molecule has 2 aromatic carbocycles. The molecule has 2 aromatic rings. The molecule has 0 bridgehead atoms. The van der Waals surface area contributed by atoms with Crippen molar-refractivity contribution in [2.75, 3.05) is 17.3 Å². The van der Waals surface area contributed by atoms with Crippen molar-refractivity contribution in [1.29, 1.82) is 0 Å². The van der Waals surface area contributed by atoms with Crippen LogP contribution in [-0.4, -0.2) is 77.7 Å². The van der Waals surface area contributed by atoms with Crippen molar-refractivity contribution in [3.05, 3.63) is 42.0 Å². The summed E-state index contributed by atoms with van der Waals surface area (Å²) in [6, 6.07) is 11.6. The Bertz CT molecular complexity index is 1230. The predicted octanol–water partition coefficient (Wildman–Crippen LogP) is 3.81. The molecule has 10 heteroatoms. The largest absolute Gasteiger partial charge is 0.507 e. The SMILES string of the molecule is CC(C)(C1=N[C@@](C)(C(=O)O)CS1)[C@H](O)C1CSC([C@H]2CSC(c3ccc4ccccc4c3O)=N2)N1. The van der Waals surface area contributed by atoms with Gasteiger partial charge >= 0.3 is 5.97 Å². The molecule has 7 nitrogen and oxygen atoms in total. The highest BCUT2D eigenvalue weighted by molar-refractivity contribution is 8.15. The van der Waals surface area contributed by atoms with Gasteiger partial charge in [0.15, 0.2) is 5.54 Å². The molecule has 4 N–H and O–H groups in total. The molecule has 0 amide bonds. The standard InChI is InChI=1S/C25H29N3O4S3/c1-24(2,22-28-25(3,12-35-22)23(31)32)19(30)16-10-34-21(26-16)17-11-33-20(27-17)15-9-8-13-6-4-5-7-14(13)18(15)29/h4-9,16-17,19,21,26,29-30H,10-12H2,1-3H3,(H,31,32)/t16?,17-,19-,21?,25-/m1/s1. The van der Waals surface area contributed by atoms with Crippen LogP contribution in [0.1, 0.15) is 26.3 Å². The maximum atomic E-state index is 11.6. The molecule has 0 aromatic heterocycles. The van der Waals surface area contributed by atoms with Crippen LogP contribution in [0.15, 0.2) is 46.4 Å². The minimum Gasteiger partial charge on any atom is -0.507 e. The van der Waals surface area contributed by atoms with Gasteiger partial charge in [-0.3, -0.25) is 15.3 Å². The van der Waals surface area contributed by atoms with Gasteiger partial charge in [-0.1, -0.05) is 44.2 Å². The highest BCUT2D eigenvalue weighted by Gasteiger charge is 2.48. The number of carboxylic acid groups (broad SMARTS) is 1. The molecule has 3 aliphatic heterocycles. The van der Waals surface area contributed by atoms with Crippen molar-refractivity contribution in [2.24, 2.45) is 15.4 Å². The average molecular weight is 532 g/mol. The number of carboxylic acids is 1. The van der Waals surface area contributed by atoms with Gasteiger partial charge in [0, 0.05) is 39.7 Å². The van der Waals surface area contributed by atoms with Crippen molar-refractivity contribution >= 4 is 62.1 Å². The van der Waals surface area contributed by atoms with Crippen LogP contribution in [0.2, 0.25) is 0 Å². The van der Waals surface area contributed by atoms with Gasteiger partial charge < -0.3 is 15.3 Å². The van der Waals surface area contributed by atoms with Gasteiger partial charge in [-0.2, -0.15) is 0 Å². The number of aliphatic imine (C=N–C) groups is 2. The predicted molar refractivity (Wildman–Crippen MR) is 147 cm³/mol. The maximum absolute atomic E-state index is 11.6. The first-order chi connectivity index (χ1) is 16.6. The maximum Gasteiger partial charge on any atom is 0.332 e. The van der Waals surface area contributed by atoms with Crippen LogP contribution >= 0.6 is 35.3 Å². The van der Waals surface area contributed by atoms with Crippen molar-refractivity contribution in [1.82, 2.24) is 5.32 Å². The number of aliphatic carboxylic acids is 1. The molecular formula is C25H29N3O4S3. The number of fused-ring (bicyclic) bond motifs is 1. The van der Waals surface area contributed by atoms with E-state index in [-0.39, 0.29) is 23.2 Å². The molecule has 35 heavy (non-hydrogen) atoms. The summed E-state index contributed by atoms with van der Waals surface area (Å²) in [5, 5.41) is 38.6. The number of nitrogens with one attached hydrogen (secondary N) is 1. The molecule has 3 heterocycles. The van der Waals surface area contributed by atoms with Crippen molar-refractivity contribution < 1.29 is 20.1 Å². The fraction of sp³-hybridized carbons (Fsp3) is 0.480. The summed E-state index contributed by atoms with van der Waals surface area (Å²) in [4.78, 5) is 21.0. The summed E-state index contributed by atoms with van der Waals surface area (Å²) in [7, 11) is 0. The molecule has 0 spiro atoms. The number of rotatable bonds is 6. The topological polar surface area (TPSA) is 115 Å². The Morgan fingerprint density at radius 3 is 2.71 bits per heavy atom. The van der Waals surface area contributed by atoms with Crippen LogP contribution in [0.5, 0.6) is 5.75 Å². The van der Waals surface area contributed by atoms with Crippen LogP contribution < -0.4 is 5.32 Å². The fourth-order valence-electron chi connectivity index (χ4n) is 4.61. The van der Waals surface area contributed by atoms with Crippen LogP contribution in [-0.2, 0) is 4.79 Å². The van der Waals surface area contributed by atoms with Crippen molar-refractivity contribution in [2.45, 2.75) is 49.9 Å². The molecule has 2 unspecified atom stereocenters. The monoisotopic (exact) mass is 531 g/mol. The third-order valence-electron chi connectivity index (χ3n) is 6.96. The molecule has 1 saturated heterocycles. The minimum absolute atomic E-state index is 0.0275. The van der Waals surface area contributed by atoms with E-state index < -0.39 is 23.0 Å². The van der Waals surface area contributed by atoms with Gasteiger partial charge in [0.2, 0.25) is 0 Å². The molecule has 0 saturated carbocycles. The number of carbonyl (C=O) groups is 1. The highest BCUT2D eigenvalue weighted by Crippen LogP contribution is 2.42. The van der Waals surface area contributed by atoms with E-state index in [0.717, 1.165) is 32.9 Å². The van der Waals surface area contributed by atoms with Gasteiger partial charge in [-0.05, 0) is 18.4 Å². The zero-order valence-corrected chi connectivity index (χ0v) is 22.2. The molecule has 5 atom stereocenters. The summed E-state index contributed by atoms with van der Waals surface area (Å²) in [5.41, 5.74) is -1.05. The van der Waals surface area contributed by atoms with E-state index >= 15 is 0 Å². The number of aliphatic hydroxyl groups is 1. The third kappa shape index (κ3) is 4.48. The summed E-state index contributed by atoms with van der Waals surface area (Å²) in [6.45, 7) is 5.49. The van der Waals surface area contributed by atoms with Gasteiger partial charge in [0.25, 0.3) is 0 Å². The number of aromatic hydroxyl groups is 1. The molecule has 1 fully saturated rings. The first kappa shape index (κ1) is 25.0. The lowest BCUT2D eigenvalue weighted by molar-refractivity contribution is -0.141. The van der Waals surface area contributed by atoms with Crippen LogP contribution in [0.3, 0.4) is 0 Å². The fourth-order valence-corrected chi connectivity index (χ4v) is 8.56. The summed E-state index contributed by atoms with van der Waals surface area (Å²) in [5.74, 6) is 1.24. The second kappa shape index (κ2) is 9.30. The summed E-state index contributed by atoms with van der Waals surface area (Å²) < 4.78 is 0. The Kier molecular flexibility index (Phi) is 6.63. The van der Waals surface area contributed by atoms with E-state index in [1.807, 2.05) is 50.2 Å². The first-order valence-corrected chi connectivity index (χ1v) is 14.6. The molecule has 186 valence electrons. The van der Waals surface area contributed by atoms with Crippen molar-refractivity contribution in [3.63, 3.8) is 0 Å². The van der Waals surface area contributed by atoms with E-state index in [1.54, 1.807) is 30.4 Å². The average Bonchev–Trinajstić information content (AvgIpc) is 3.59. The van der Waals surface area contributed by atoms with Crippen LogP contribution in [0.25, 0.3) is 10.8 Å². The van der Waals surface area contributed by atoms with E-state index in [4.69, 9.17) is 4.99 Å². The van der Waals surface area contributed by atoms with Gasteiger partial charge in [0.1, 0.15) is 10.8 Å². The Morgan fingerprint density at radius 1 is 1.20 bits per heavy atom. The Hall–Kier alpha value is -1.72. The van der Waals surface area contributed by atoms with E-state index in [0.29, 0.717) is 10.8 Å².